The van der Waals surface area contributed by atoms with Gasteiger partial charge >= 0.3 is 0 Å². The predicted octanol–water partition coefficient (Wildman–Crippen LogP) is 0.753. The second kappa shape index (κ2) is 4.22. The van der Waals surface area contributed by atoms with Crippen LogP contribution in [0.1, 0.15) is 10.4 Å². The molecule has 4 nitrogen and oxygen atoms in total. The van der Waals surface area contributed by atoms with E-state index in [0.29, 0.717) is 0 Å². The number of nitrogens with zero attached hydrogens (tertiary/aromatic N) is 1. The van der Waals surface area contributed by atoms with Crippen molar-refractivity contribution in [2.75, 3.05) is 19.8 Å². The van der Waals surface area contributed by atoms with Crippen LogP contribution in [0.2, 0.25) is 0 Å². The SMILES string of the molecule is CN(C)NC(=O)c1cc(F)cc(N)c1F. The molecule has 0 atom stereocenters. The molecule has 1 aromatic carbocycles. The Kier molecular flexibility index (Phi) is 3.21. The zero-order valence-electron chi connectivity index (χ0n) is 8.34. The van der Waals surface area contributed by atoms with E-state index in [9.17, 15) is 13.6 Å². The van der Waals surface area contributed by atoms with Gasteiger partial charge in [-0.05, 0) is 12.1 Å². The summed E-state index contributed by atoms with van der Waals surface area (Å²) in [6.07, 6.45) is 0. The number of nitrogen functional groups attached to an aromatic ring is 1. The third-order valence-corrected chi connectivity index (χ3v) is 1.64. The Morgan fingerprint density at radius 1 is 1.40 bits per heavy atom. The van der Waals surface area contributed by atoms with Crippen molar-refractivity contribution in [3.8, 4) is 0 Å². The molecule has 0 aliphatic rings. The third-order valence-electron chi connectivity index (χ3n) is 1.64. The molecule has 0 aliphatic heterocycles. The molecule has 0 unspecified atom stereocenters. The highest BCUT2D eigenvalue weighted by molar-refractivity contribution is 5.95. The summed E-state index contributed by atoms with van der Waals surface area (Å²) in [5.41, 5.74) is 6.66. The van der Waals surface area contributed by atoms with Gasteiger partial charge in [0.1, 0.15) is 5.82 Å². The van der Waals surface area contributed by atoms with Gasteiger partial charge < -0.3 is 5.73 Å². The van der Waals surface area contributed by atoms with Gasteiger partial charge in [-0.25, -0.2) is 13.8 Å². The lowest BCUT2D eigenvalue weighted by Gasteiger charge is -2.12. The Labute approximate surface area is 85.6 Å². The van der Waals surface area contributed by atoms with Gasteiger partial charge in [0.2, 0.25) is 0 Å². The van der Waals surface area contributed by atoms with E-state index in [4.69, 9.17) is 5.73 Å². The molecule has 0 spiro atoms. The van der Waals surface area contributed by atoms with Gasteiger partial charge in [0, 0.05) is 14.1 Å². The molecule has 6 heteroatoms. The van der Waals surface area contributed by atoms with Crippen molar-refractivity contribution in [2.24, 2.45) is 0 Å². The lowest BCUT2D eigenvalue weighted by Crippen LogP contribution is -2.36. The molecule has 0 aromatic heterocycles. The van der Waals surface area contributed by atoms with Crippen LogP contribution in [0, 0.1) is 11.6 Å². The molecule has 0 fully saturated rings. The van der Waals surface area contributed by atoms with Crippen molar-refractivity contribution in [2.45, 2.75) is 0 Å². The fourth-order valence-corrected chi connectivity index (χ4v) is 1.04. The first-order valence-corrected chi connectivity index (χ1v) is 4.14. The van der Waals surface area contributed by atoms with E-state index >= 15 is 0 Å². The van der Waals surface area contributed by atoms with Crippen LogP contribution in [0.5, 0.6) is 0 Å². The Balaban J connectivity index is 3.08. The van der Waals surface area contributed by atoms with Crippen LogP contribution in [0.15, 0.2) is 12.1 Å². The molecule has 1 aromatic rings. The molecular formula is C9H11F2N3O. The maximum absolute atomic E-state index is 13.3. The summed E-state index contributed by atoms with van der Waals surface area (Å²) in [6, 6.07) is 1.62. The van der Waals surface area contributed by atoms with E-state index < -0.39 is 23.1 Å². The zero-order chi connectivity index (χ0) is 11.6. The van der Waals surface area contributed by atoms with Crippen molar-refractivity contribution in [1.29, 1.82) is 0 Å². The van der Waals surface area contributed by atoms with Crippen molar-refractivity contribution in [3.63, 3.8) is 0 Å². The second-order valence-electron chi connectivity index (χ2n) is 3.19. The largest absolute Gasteiger partial charge is 0.396 e. The van der Waals surface area contributed by atoms with Gasteiger partial charge in [-0.3, -0.25) is 10.2 Å². The maximum atomic E-state index is 13.3. The molecule has 1 amide bonds. The maximum Gasteiger partial charge on any atom is 0.268 e. The number of carbonyl (C=O) groups excluding carboxylic acids is 1. The summed E-state index contributed by atoms with van der Waals surface area (Å²) >= 11 is 0. The monoisotopic (exact) mass is 215 g/mol. The van der Waals surface area contributed by atoms with Gasteiger partial charge in [-0.15, -0.1) is 0 Å². The standard InChI is InChI=1S/C9H11F2N3O/c1-14(2)13-9(15)6-3-5(10)4-7(12)8(6)11/h3-4H,12H2,1-2H3,(H,13,15). The molecule has 1 rings (SSSR count). The fourth-order valence-electron chi connectivity index (χ4n) is 1.04. The summed E-state index contributed by atoms with van der Waals surface area (Å²) < 4.78 is 26.2. The molecule has 3 N–H and O–H groups in total. The number of rotatable bonds is 2. The lowest BCUT2D eigenvalue weighted by molar-refractivity contribution is 0.0852. The van der Waals surface area contributed by atoms with Crippen LogP contribution in [0.25, 0.3) is 0 Å². The van der Waals surface area contributed by atoms with Crippen molar-refractivity contribution < 1.29 is 13.6 Å². The number of hydrogen-bond donors (Lipinski definition) is 2. The van der Waals surface area contributed by atoms with E-state index in [-0.39, 0.29) is 5.69 Å². The number of halogens is 2. The summed E-state index contributed by atoms with van der Waals surface area (Å²) in [5.74, 6) is -2.42. The number of anilines is 1. The minimum absolute atomic E-state index is 0.390. The van der Waals surface area contributed by atoms with E-state index in [1.807, 2.05) is 0 Å². The molecule has 0 saturated heterocycles. The molecule has 82 valence electrons. The number of benzene rings is 1. The molecular weight excluding hydrogens is 204 g/mol. The van der Waals surface area contributed by atoms with E-state index in [1.165, 1.54) is 5.01 Å². The summed E-state index contributed by atoms with van der Waals surface area (Å²) in [6.45, 7) is 0. The van der Waals surface area contributed by atoms with Crippen LogP contribution < -0.4 is 11.2 Å². The number of hydrazine groups is 1. The van der Waals surface area contributed by atoms with Crippen LogP contribution in [-0.4, -0.2) is 25.0 Å². The van der Waals surface area contributed by atoms with Crippen LogP contribution in [0.3, 0.4) is 0 Å². The number of nitrogens with one attached hydrogen (secondary N) is 1. The third kappa shape index (κ3) is 2.63. The molecule has 15 heavy (non-hydrogen) atoms. The minimum atomic E-state index is -0.921. The number of amides is 1. The Bertz CT molecular complexity index is 393. The van der Waals surface area contributed by atoms with Gasteiger partial charge in [-0.1, -0.05) is 0 Å². The van der Waals surface area contributed by atoms with E-state index in [2.05, 4.69) is 5.43 Å². The Morgan fingerprint density at radius 2 is 2.00 bits per heavy atom. The van der Waals surface area contributed by atoms with Crippen LogP contribution in [0.4, 0.5) is 14.5 Å². The van der Waals surface area contributed by atoms with Gasteiger partial charge in [0.05, 0.1) is 11.3 Å². The van der Waals surface area contributed by atoms with Crippen molar-refractivity contribution in [1.82, 2.24) is 10.4 Å². The summed E-state index contributed by atoms with van der Waals surface area (Å²) in [7, 11) is 3.11. The van der Waals surface area contributed by atoms with E-state index in [0.717, 1.165) is 12.1 Å². The zero-order valence-corrected chi connectivity index (χ0v) is 8.34. The summed E-state index contributed by atoms with van der Waals surface area (Å²) in [5, 5.41) is 1.32. The van der Waals surface area contributed by atoms with Crippen molar-refractivity contribution in [3.05, 3.63) is 29.3 Å². The molecule has 0 heterocycles. The van der Waals surface area contributed by atoms with Gasteiger partial charge in [-0.2, -0.15) is 0 Å². The molecule has 0 bridgehead atoms. The fraction of sp³-hybridized carbons (Fsp3) is 0.222. The number of hydrogen-bond acceptors (Lipinski definition) is 3. The first-order chi connectivity index (χ1) is 6.91. The number of carbonyl (C=O) groups is 1. The van der Waals surface area contributed by atoms with Crippen LogP contribution >= 0.6 is 0 Å². The first kappa shape index (κ1) is 11.4. The topological polar surface area (TPSA) is 58.4 Å². The molecule has 0 aliphatic carbocycles. The normalized spacial score (nSPS) is 10.5. The molecule has 0 saturated carbocycles. The van der Waals surface area contributed by atoms with E-state index in [1.54, 1.807) is 14.1 Å². The highest BCUT2D eigenvalue weighted by atomic mass is 19.1. The van der Waals surface area contributed by atoms with Crippen LogP contribution in [-0.2, 0) is 0 Å². The van der Waals surface area contributed by atoms with Gasteiger partial charge in [0.25, 0.3) is 5.91 Å². The van der Waals surface area contributed by atoms with Crippen molar-refractivity contribution >= 4 is 11.6 Å². The minimum Gasteiger partial charge on any atom is -0.396 e. The van der Waals surface area contributed by atoms with Gasteiger partial charge in [0.15, 0.2) is 5.82 Å². The lowest BCUT2D eigenvalue weighted by atomic mass is 10.1. The average Bonchev–Trinajstić information content (AvgIpc) is 2.09. The Morgan fingerprint density at radius 3 is 2.53 bits per heavy atom. The average molecular weight is 215 g/mol. The second-order valence-corrected chi connectivity index (χ2v) is 3.19. The first-order valence-electron chi connectivity index (χ1n) is 4.14. The smallest absolute Gasteiger partial charge is 0.268 e. The highest BCUT2D eigenvalue weighted by Crippen LogP contribution is 2.17. The Hall–Kier alpha value is -1.69. The highest BCUT2D eigenvalue weighted by Gasteiger charge is 2.16. The molecule has 0 radical (unpaired) electrons. The number of nitrogens with two attached hydrogens (primary N) is 1. The quantitative estimate of drug-likeness (QED) is 0.565. The predicted molar refractivity (Wildman–Crippen MR) is 51.9 cm³/mol. The summed E-state index contributed by atoms with van der Waals surface area (Å²) in [4.78, 5) is 11.4.